The van der Waals surface area contributed by atoms with Crippen molar-refractivity contribution >= 4 is 17.3 Å². The van der Waals surface area contributed by atoms with Gasteiger partial charge in [-0.05, 0) is 66.8 Å². The zero-order chi connectivity index (χ0) is 17.7. The van der Waals surface area contributed by atoms with Gasteiger partial charge in [0.15, 0.2) is 0 Å². The van der Waals surface area contributed by atoms with Gasteiger partial charge >= 0.3 is 0 Å². The normalized spacial score (nSPS) is 18.2. The molecule has 124 valence electrons. The Morgan fingerprint density at radius 1 is 1.04 bits per heavy atom. The van der Waals surface area contributed by atoms with Crippen molar-refractivity contribution in [3.05, 3.63) is 83.5 Å². The van der Waals surface area contributed by atoms with E-state index < -0.39 is 0 Å². The molecule has 1 nitrogen and oxygen atoms in total. The molecule has 0 saturated carbocycles. The van der Waals surface area contributed by atoms with Crippen LogP contribution in [0.15, 0.2) is 82.8 Å². The van der Waals surface area contributed by atoms with Gasteiger partial charge in [0.2, 0.25) is 0 Å². The molecule has 2 N–H and O–H groups in total. The van der Waals surface area contributed by atoms with Crippen LogP contribution >= 0.6 is 11.8 Å². The van der Waals surface area contributed by atoms with Crippen molar-refractivity contribution in [2.24, 2.45) is 5.73 Å². The van der Waals surface area contributed by atoms with Gasteiger partial charge in [0, 0.05) is 4.90 Å². The van der Waals surface area contributed by atoms with E-state index in [2.05, 4.69) is 56.2 Å². The molecule has 1 aliphatic rings. The first-order valence-corrected chi connectivity index (χ1v) is 8.78. The third-order valence-corrected chi connectivity index (χ3v) is 4.10. The van der Waals surface area contributed by atoms with Crippen molar-refractivity contribution in [2.45, 2.75) is 39.5 Å². The summed E-state index contributed by atoms with van der Waals surface area (Å²) in [5.41, 5.74) is 9.93. The first kappa shape index (κ1) is 21.1. The highest BCUT2D eigenvalue weighted by Gasteiger charge is 2.07. The number of thioether (sulfide) groups is 1. The molecule has 0 fully saturated rings. The quantitative estimate of drug-likeness (QED) is 0.580. The topological polar surface area (TPSA) is 26.0 Å². The first-order chi connectivity index (χ1) is 11.1. The van der Waals surface area contributed by atoms with Crippen LogP contribution in [0.3, 0.4) is 0 Å². The van der Waals surface area contributed by atoms with Crippen molar-refractivity contribution in [3.8, 4) is 0 Å². The molecule has 0 radical (unpaired) electrons. The lowest BCUT2D eigenvalue weighted by Crippen LogP contribution is -1.89. The highest BCUT2D eigenvalue weighted by molar-refractivity contribution is 8.02. The van der Waals surface area contributed by atoms with Gasteiger partial charge in [0.25, 0.3) is 0 Å². The van der Waals surface area contributed by atoms with Crippen LogP contribution in [0.1, 0.15) is 40.2 Å². The van der Waals surface area contributed by atoms with Gasteiger partial charge < -0.3 is 5.73 Å². The fourth-order valence-electron chi connectivity index (χ4n) is 1.71. The van der Waals surface area contributed by atoms with Gasteiger partial charge in [0.05, 0.1) is 0 Å². The third-order valence-electron chi connectivity index (χ3n) is 3.02. The first-order valence-electron chi connectivity index (χ1n) is 7.90. The standard InChI is InChI=1S/C14H14S.C5H9N.C2H6/c1-10-8-11(2)13-6-4-5-7-14(13)15-9-12(10)3;1-2-3-4-5-6;1-2/h4-9H,2H2,1,3H3;2-5H,6H2,1H3;1-2H3/b10-8-,12-9-;3-2-,5-4-;. The lowest BCUT2D eigenvalue weighted by atomic mass is 10.0. The number of rotatable bonds is 1. The van der Waals surface area contributed by atoms with Crippen LogP contribution in [-0.4, -0.2) is 0 Å². The summed E-state index contributed by atoms with van der Waals surface area (Å²) >= 11 is 1.77. The molecule has 1 aromatic rings. The van der Waals surface area contributed by atoms with Crippen LogP contribution in [0.25, 0.3) is 5.57 Å². The zero-order valence-electron chi connectivity index (χ0n) is 15.0. The highest BCUT2D eigenvalue weighted by atomic mass is 32.2. The fraction of sp³-hybridized carbons (Fsp3) is 0.238. The average molecular weight is 328 g/mol. The van der Waals surface area contributed by atoms with Gasteiger partial charge in [0.1, 0.15) is 0 Å². The lowest BCUT2D eigenvalue weighted by molar-refractivity contribution is 1.33. The van der Waals surface area contributed by atoms with Gasteiger partial charge in [-0.25, -0.2) is 0 Å². The Labute approximate surface area is 146 Å². The van der Waals surface area contributed by atoms with Crippen molar-refractivity contribution < 1.29 is 0 Å². The third kappa shape index (κ3) is 7.75. The van der Waals surface area contributed by atoms with E-state index in [1.54, 1.807) is 17.8 Å². The maximum absolute atomic E-state index is 4.98. The maximum Gasteiger partial charge on any atom is 0.0194 e. The second kappa shape index (κ2) is 12.6. The van der Waals surface area contributed by atoms with E-state index in [9.17, 15) is 0 Å². The summed E-state index contributed by atoms with van der Waals surface area (Å²) in [4.78, 5) is 1.28. The highest BCUT2D eigenvalue weighted by Crippen LogP contribution is 2.33. The van der Waals surface area contributed by atoms with Crippen LogP contribution in [0.4, 0.5) is 0 Å². The van der Waals surface area contributed by atoms with Crippen molar-refractivity contribution in [3.63, 3.8) is 0 Å². The second-order valence-electron chi connectivity index (χ2n) is 4.68. The number of fused-ring (bicyclic) bond motifs is 1. The smallest absolute Gasteiger partial charge is 0.0194 e. The number of nitrogens with two attached hydrogens (primary N) is 1. The summed E-state index contributed by atoms with van der Waals surface area (Å²) in [5, 5.41) is 2.21. The van der Waals surface area contributed by atoms with E-state index in [4.69, 9.17) is 5.73 Å². The predicted octanol–water partition coefficient (Wildman–Crippen LogP) is 6.72. The van der Waals surface area contributed by atoms with Crippen molar-refractivity contribution in [1.82, 2.24) is 0 Å². The molecule has 2 heteroatoms. The van der Waals surface area contributed by atoms with E-state index >= 15 is 0 Å². The number of allylic oxidation sites excluding steroid dienone is 7. The van der Waals surface area contributed by atoms with Crippen LogP contribution < -0.4 is 5.73 Å². The molecule has 0 saturated heterocycles. The minimum atomic E-state index is 1.10. The second-order valence-corrected chi connectivity index (χ2v) is 5.59. The molecule has 1 aliphatic heterocycles. The Morgan fingerprint density at radius 3 is 2.26 bits per heavy atom. The molecule has 2 rings (SSSR count). The molecule has 0 bridgehead atoms. The Kier molecular flexibility index (Phi) is 11.5. The van der Waals surface area contributed by atoms with Gasteiger partial charge in [-0.1, -0.05) is 68.6 Å². The molecule has 0 unspecified atom stereocenters. The summed E-state index contributed by atoms with van der Waals surface area (Å²) in [6, 6.07) is 8.40. The number of hydrogen-bond donors (Lipinski definition) is 1. The minimum absolute atomic E-state index is 1.10. The zero-order valence-corrected chi connectivity index (χ0v) is 15.8. The molecule has 0 atom stereocenters. The Morgan fingerprint density at radius 2 is 1.70 bits per heavy atom. The molecule has 0 spiro atoms. The molecule has 1 heterocycles. The molecule has 0 amide bonds. The summed E-state index contributed by atoms with van der Waals surface area (Å²) in [5.74, 6) is 0. The number of benzene rings is 1. The Balaban J connectivity index is 0.000000515. The van der Waals surface area contributed by atoms with Crippen molar-refractivity contribution in [2.75, 3.05) is 0 Å². The molecule has 0 aliphatic carbocycles. The van der Waals surface area contributed by atoms with E-state index in [1.807, 2.05) is 32.9 Å². The monoisotopic (exact) mass is 327 g/mol. The molecule has 0 aromatic heterocycles. The van der Waals surface area contributed by atoms with Crippen LogP contribution in [0.5, 0.6) is 0 Å². The minimum Gasteiger partial charge on any atom is -0.405 e. The van der Waals surface area contributed by atoms with E-state index in [0.29, 0.717) is 0 Å². The van der Waals surface area contributed by atoms with Gasteiger partial charge in [-0.3, -0.25) is 0 Å². The van der Waals surface area contributed by atoms with E-state index in [-0.39, 0.29) is 0 Å². The van der Waals surface area contributed by atoms with Crippen LogP contribution in [-0.2, 0) is 0 Å². The summed E-state index contributed by atoms with van der Waals surface area (Å²) in [6.45, 7) is 14.3. The number of hydrogen-bond acceptors (Lipinski definition) is 2. The van der Waals surface area contributed by atoms with E-state index in [0.717, 1.165) is 5.57 Å². The maximum atomic E-state index is 4.98. The summed E-state index contributed by atoms with van der Waals surface area (Å²) < 4.78 is 0. The van der Waals surface area contributed by atoms with Gasteiger partial charge in [-0.15, -0.1) is 0 Å². The Hall–Kier alpha value is -1.93. The molecular weight excluding hydrogens is 298 g/mol. The summed E-state index contributed by atoms with van der Waals surface area (Å²) in [6.07, 6.45) is 9.23. The molecular formula is C21H29NS. The van der Waals surface area contributed by atoms with E-state index in [1.165, 1.54) is 27.8 Å². The fourth-order valence-corrected chi connectivity index (χ4v) is 2.68. The Bertz CT molecular complexity index is 594. The lowest BCUT2D eigenvalue weighted by Gasteiger charge is -2.12. The molecule has 1 aromatic carbocycles. The SMILES string of the molecule is C/C=C\C=C/N.C=C1/C=C(C)\C(C)=C/Sc2ccccc21.CC. The summed E-state index contributed by atoms with van der Waals surface area (Å²) in [7, 11) is 0. The predicted molar refractivity (Wildman–Crippen MR) is 108 cm³/mol. The average Bonchev–Trinajstić information content (AvgIpc) is 2.59. The van der Waals surface area contributed by atoms with Crippen molar-refractivity contribution in [1.29, 1.82) is 0 Å². The van der Waals surface area contributed by atoms with Crippen LogP contribution in [0, 0.1) is 0 Å². The van der Waals surface area contributed by atoms with Crippen LogP contribution in [0.2, 0.25) is 0 Å². The van der Waals surface area contributed by atoms with Gasteiger partial charge in [-0.2, -0.15) is 0 Å². The largest absolute Gasteiger partial charge is 0.405 e. The molecule has 23 heavy (non-hydrogen) atoms.